The van der Waals surface area contributed by atoms with E-state index in [4.69, 9.17) is 15.0 Å². The summed E-state index contributed by atoms with van der Waals surface area (Å²) in [5.74, 6) is -0.700. The van der Waals surface area contributed by atoms with Crippen LogP contribution in [-0.2, 0) is 14.3 Å². The molecule has 2 rings (SSSR count). The van der Waals surface area contributed by atoms with Gasteiger partial charge >= 0.3 is 11.7 Å². The molecule has 1 aromatic heterocycles. The van der Waals surface area contributed by atoms with Gasteiger partial charge in [0.15, 0.2) is 0 Å². The highest BCUT2D eigenvalue weighted by Crippen LogP contribution is 2.39. The van der Waals surface area contributed by atoms with E-state index in [1.807, 2.05) is 0 Å². The summed E-state index contributed by atoms with van der Waals surface area (Å²) >= 11 is 0. The summed E-state index contributed by atoms with van der Waals surface area (Å²) in [6, 6.07) is 0. The SMILES string of the molecule is CC(=O)OC[C@@]1(N=[N+]=[N-])O[C@@H](n2cc(C)c(=O)[nH]c2=O)C[C@@H]1F. The first-order valence-corrected chi connectivity index (χ1v) is 6.62. The number of hydrogen-bond acceptors (Lipinski definition) is 6. The molecule has 0 spiro atoms. The Labute approximate surface area is 128 Å². The number of azide groups is 1. The van der Waals surface area contributed by atoms with Gasteiger partial charge in [0, 0.05) is 30.0 Å². The second-order valence-electron chi connectivity index (χ2n) is 5.07. The molecule has 124 valence electrons. The topological polar surface area (TPSA) is 139 Å². The summed E-state index contributed by atoms with van der Waals surface area (Å²) in [5, 5.41) is 3.27. The third-order valence-corrected chi connectivity index (χ3v) is 3.39. The zero-order chi connectivity index (χ0) is 17.2. The van der Waals surface area contributed by atoms with Crippen molar-refractivity contribution in [2.45, 2.75) is 38.4 Å². The van der Waals surface area contributed by atoms with Crippen LogP contribution in [-0.4, -0.2) is 34.0 Å². The van der Waals surface area contributed by atoms with Gasteiger partial charge < -0.3 is 9.47 Å². The number of carbonyl (C=O) groups excluding carboxylic acids is 1. The lowest BCUT2D eigenvalue weighted by Crippen LogP contribution is -2.40. The Morgan fingerprint density at radius 2 is 2.39 bits per heavy atom. The number of rotatable bonds is 4. The lowest BCUT2D eigenvalue weighted by Gasteiger charge is -2.25. The first kappa shape index (κ1) is 16.7. The van der Waals surface area contributed by atoms with Gasteiger partial charge in [0.2, 0.25) is 5.72 Å². The fourth-order valence-electron chi connectivity index (χ4n) is 2.21. The summed E-state index contributed by atoms with van der Waals surface area (Å²) in [7, 11) is 0. The Morgan fingerprint density at radius 1 is 1.70 bits per heavy atom. The van der Waals surface area contributed by atoms with Gasteiger partial charge in [-0.15, -0.1) is 0 Å². The van der Waals surface area contributed by atoms with E-state index in [0.29, 0.717) is 0 Å². The van der Waals surface area contributed by atoms with Crippen LogP contribution in [0.5, 0.6) is 0 Å². The van der Waals surface area contributed by atoms with Crippen LogP contribution in [0.25, 0.3) is 10.4 Å². The molecule has 1 aliphatic heterocycles. The third kappa shape index (κ3) is 3.25. The largest absolute Gasteiger partial charge is 0.463 e. The van der Waals surface area contributed by atoms with Crippen LogP contribution >= 0.6 is 0 Å². The molecule has 3 atom stereocenters. The molecule has 1 aliphatic rings. The average molecular weight is 327 g/mol. The standard InChI is InChI=1S/C12H14FN5O5/c1-6-4-18(11(21)15-10(6)20)9-3-8(13)12(23-9,16-17-14)5-22-7(2)19/h4,8-9H,3,5H2,1-2H3,(H,15,20,21)/t8-,9+,12+/m0/s1. The maximum atomic E-state index is 14.4. The Balaban J connectivity index is 2.37. The van der Waals surface area contributed by atoms with E-state index >= 15 is 0 Å². The Morgan fingerprint density at radius 3 is 3.00 bits per heavy atom. The molecular weight excluding hydrogens is 313 g/mol. The number of aromatic amines is 1. The highest BCUT2D eigenvalue weighted by Gasteiger charge is 2.51. The predicted octanol–water partition coefficient (Wildman–Crippen LogP) is 0.672. The quantitative estimate of drug-likeness (QED) is 0.375. The van der Waals surface area contributed by atoms with E-state index < -0.39 is 41.9 Å². The fraction of sp³-hybridized carbons (Fsp3) is 0.583. The maximum Gasteiger partial charge on any atom is 0.330 e. The van der Waals surface area contributed by atoms with Gasteiger partial charge in [0.1, 0.15) is 19.0 Å². The molecule has 1 fully saturated rings. The van der Waals surface area contributed by atoms with Gasteiger partial charge in [0.25, 0.3) is 5.56 Å². The van der Waals surface area contributed by atoms with Crippen LogP contribution in [0.2, 0.25) is 0 Å². The molecule has 0 unspecified atom stereocenters. The molecule has 11 heteroatoms. The van der Waals surface area contributed by atoms with Crippen molar-refractivity contribution in [3.63, 3.8) is 0 Å². The third-order valence-electron chi connectivity index (χ3n) is 3.39. The molecule has 10 nitrogen and oxygen atoms in total. The summed E-state index contributed by atoms with van der Waals surface area (Å²) in [4.78, 5) is 38.7. The first-order valence-electron chi connectivity index (χ1n) is 6.62. The zero-order valence-corrected chi connectivity index (χ0v) is 12.4. The number of aromatic nitrogens is 2. The van der Waals surface area contributed by atoms with Gasteiger partial charge in [-0.3, -0.25) is 19.1 Å². The molecule has 0 bridgehead atoms. The van der Waals surface area contributed by atoms with Crippen LogP contribution in [0.1, 0.15) is 25.1 Å². The van der Waals surface area contributed by atoms with Crippen molar-refractivity contribution in [2.24, 2.45) is 5.11 Å². The predicted molar refractivity (Wildman–Crippen MR) is 74.2 cm³/mol. The van der Waals surface area contributed by atoms with Crippen molar-refractivity contribution >= 4 is 5.97 Å². The number of hydrogen-bond donors (Lipinski definition) is 1. The first-order chi connectivity index (χ1) is 10.8. The molecule has 23 heavy (non-hydrogen) atoms. The van der Waals surface area contributed by atoms with Crippen LogP contribution in [0, 0.1) is 6.92 Å². The minimum absolute atomic E-state index is 0.227. The fourth-order valence-corrected chi connectivity index (χ4v) is 2.21. The van der Waals surface area contributed by atoms with E-state index in [-0.39, 0.29) is 12.0 Å². The van der Waals surface area contributed by atoms with Crippen molar-refractivity contribution in [3.05, 3.63) is 43.0 Å². The van der Waals surface area contributed by atoms with E-state index in [1.54, 1.807) is 0 Å². The number of alkyl halides is 1. The second-order valence-corrected chi connectivity index (χ2v) is 5.07. The van der Waals surface area contributed by atoms with Crippen molar-refractivity contribution in [3.8, 4) is 0 Å². The van der Waals surface area contributed by atoms with Crippen molar-refractivity contribution < 1.29 is 18.7 Å². The lowest BCUT2D eigenvalue weighted by molar-refractivity contribution is -0.159. The molecule has 2 heterocycles. The van der Waals surface area contributed by atoms with E-state index in [0.717, 1.165) is 11.5 Å². The Hall–Kier alpha value is -2.65. The molecule has 0 radical (unpaired) electrons. The average Bonchev–Trinajstić information content (AvgIpc) is 2.78. The monoisotopic (exact) mass is 327 g/mol. The zero-order valence-electron chi connectivity index (χ0n) is 12.4. The molecule has 0 saturated carbocycles. The molecular formula is C12H14FN5O5. The summed E-state index contributed by atoms with van der Waals surface area (Å²) in [6.45, 7) is 1.95. The van der Waals surface area contributed by atoms with Crippen molar-refractivity contribution in [1.29, 1.82) is 0 Å². The van der Waals surface area contributed by atoms with Gasteiger partial charge in [-0.25, -0.2) is 9.18 Å². The maximum absolute atomic E-state index is 14.4. The highest BCUT2D eigenvalue weighted by atomic mass is 19.1. The van der Waals surface area contributed by atoms with E-state index in [9.17, 15) is 18.8 Å². The number of halogens is 1. The lowest BCUT2D eigenvalue weighted by atomic mass is 10.1. The second kappa shape index (κ2) is 6.23. The summed E-state index contributed by atoms with van der Waals surface area (Å²) < 4.78 is 25.4. The molecule has 0 aromatic carbocycles. The van der Waals surface area contributed by atoms with Crippen LogP contribution in [0.4, 0.5) is 4.39 Å². The molecule has 1 saturated heterocycles. The normalized spacial score (nSPS) is 26.6. The van der Waals surface area contributed by atoms with Crippen LogP contribution in [0.3, 0.4) is 0 Å². The summed E-state index contributed by atoms with van der Waals surface area (Å²) in [5.41, 5.74) is 5.43. The minimum Gasteiger partial charge on any atom is -0.463 e. The minimum atomic E-state index is -2.06. The number of nitrogens with zero attached hydrogens (tertiary/aromatic N) is 4. The number of esters is 1. The molecule has 1 aromatic rings. The van der Waals surface area contributed by atoms with Gasteiger partial charge in [-0.05, 0) is 12.5 Å². The Kier molecular flexibility index (Phi) is 4.52. The number of H-pyrrole nitrogens is 1. The highest BCUT2D eigenvalue weighted by molar-refractivity contribution is 5.65. The van der Waals surface area contributed by atoms with Crippen molar-refractivity contribution in [1.82, 2.24) is 9.55 Å². The Bertz CT molecular complexity index is 783. The van der Waals surface area contributed by atoms with Gasteiger partial charge in [-0.2, -0.15) is 0 Å². The smallest absolute Gasteiger partial charge is 0.330 e. The van der Waals surface area contributed by atoms with E-state index in [1.165, 1.54) is 13.1 Å². The summed E-state index contributed by atoms with van der Waals surface area (Å²) in [6.07, 6.45) is -2.02. The van der Waals surface area contributed by atoms with Gasteiger partial charge in [0.05, 0.1) is 0 Å². The molecule has 1 N–H and O–H groups in total. The number of ether oxygens (including phenoxy) is 2. The number of nitrogens with one attached hydrogen (secondary N) is 1. The number of carbonyl (C=O) groups is 1. The van der Waals surface area contributed by atoms with E-state index in [2.05, 4.69) is 15.0 Å². The number of aryl methyl sites for hydroxylation is 1. The van der Waals surface area contributed by atoms with Gasteiger partial charge in [-0.1, -0.05) is 5.11 Å². The van der Waals surface area contributed by atoms with Crippen LogP contribution in [0.15, 0.2) is 20.9 Å². The van der Waals surface area contributed by atoms with Crippen molar-refractivity contribution in [2.75, 3.05) is 6.61 Å². The van der Waals surface area contributed by atoms with Crippen LogP contribution < -0.4 is 11.2 Å². The molecule has 0 amide bonds. The molecule has 0 aliphatic carbocycles.